The number of hydrogen-bond donors (Lipinski definition) is 0. The van der Waals surface area contributed by atoms with Crippen molar-refractivity contribution in [2.45, 2.75) is 19.5 Å². The highest BCUT2D eigenvalue weighted by Gasteiger charge is 2.17. The topological polar surface area (TPSA) is 24.3 Å². The van der Waals surface area contributed by atoms with Crippen molar-refractivity contribution in [1.82, 2.24) is 19.4 Å². The fourth-order valence-electron chi connectivity index (χ4n) is 3.85. The number of hydrogen-bond acceptors (Lipinski definition) is 3. The Morgan fingerprint density at radius 2 is 1.81 bits per heavy atom. The lowest BCUT2D eigenvalue weighted by Gasteiger charge is -2.22. The van der Waals surface area contributed by atoms with Gasteiger partial charge in [-0.25, -0.2) is 4.39 Å². The molecule has 3 heterocycles. The van der Waals surface area contributed by atoms with Crippen LogP contribution in [0.1, 0.15) is 17.7 Å². The Bertz CT molecular complexity index is 874. The first-order chi connectivity index (χ1) is 12.7. The number of aromatic nitrogens is 2. The van der Waals surface area contributed by atoms with E-state index in [1.165, 1.54) is 23.7 Å². The molecule has 4 nitrogen and oxygen atoms in total. The summed E-state index contributed by atoms with van der Waals surface area (Å²) in [5.74, 6) is -0.171. The summed E-state index contributed by atoms with van der Waals surface area (Å²) >= 11 is 0. The second kappa shape index (κ2) is 7.56. The van der Waals surface area contributed by atoms with Gasteiger partial charge in [0.15, 0.2) is 0 Å². The molecule has 0 bridgehead atoms. The first-order valence-electron chi connectivity index (χ1n) is 9.26. The molecule has 0 amide bonds. The molecule has 0 atom stereocenters. The Hall–Kier alpha value is -2.24. The molecule has 1 aliphatic heterocycles. The number of pyridine rings is 1. The van der Waals surface area contributed by atoms with Gasteiger partial charge in [-0.15, -0.1) is 0 Å². The van der Waals surface area contributed by atoms with Crippen molar-refractivity contribution in [3.05, 3.63) is 65.9 Å². The Labute approximate surface area is 153 Å². The Morgan fingerprint density at radius 1 is 1.00 bits per heavy atom. The Kier molecular flexibility index (Phi) is 5.00. The number of aryl methyl sites for hydroxylation is 1. The van der Waals surface area contributed by atoms with Crippen molar-refractivity contribution in [2.75, 3.05) is 26.2 Å². The van der Waals surface area contributed by atoms with Crippen molar-refractivity contribution in [3.63, 3.8) is 0 Å². The van der Waals surface area contributed by atoms with Gasteiger partial charge in [0.25, 0.3) is 0 Å². The second-order valence-electron chi connectivity index (χ2n) is 7.16. The fraction of sp³-hybridized carbons (Fsp3) is 0.381. The van der Waals surface area contributed by atoms with Crippen LogP contribution in [0, 0.1) is 5.82 Å². The summed E-state index contributed by atoms with van der Waals surface area (Å²) < 4.78 is 15.7. The van der Waals surface area contributed by atoms with Crippen LogP contribution in [-0.2, 0) is 20.1 Å². The van der Waals surface area contributed by atoms with E-state index in [4.69, 9.17) is 0 Å². The zero-order valence-electron chi connectivity index (χ0n) is 15.2. The van der Waals surface area contributed by atoms with Gasteiger partial charge in [-0.05, 0) is 55.4 Å². The minimum Gasteiger partial charge on any atom is -0.346 e. The van der Waals surface area contributed by atoms with Crippen LogP contribution < -0.4 is 0 Å². The minimum atomic E-state index is -0.171. The minimum absolute atomic E-state index is 0.171. The summed E-state index contributed by atoms with van der Waals surface area (Å²) in [6.45, 7) is 6.21. The van der Waals surface area contributed by atoms with Crippen molar-refractivity contribution < 1.29 is 4.39 Å². The average Bonchev–Trinajstić information content (AvgIpc) is 2.80. The molecule has 3 aromatic rings. The normalized spacial score (nSPS) is 16.8. The van der Waals surface area contributed by atoms with Crippen molar-refractivity contribution in [1.29, 1.82) is 0 Å². The average molecular weight is 352 g/mol. The van der Waals surface area contributed by atoms with E-state index in [0.717, 1.165) is 50.2 Å². The second-order valence-corrected chi connectivity index (χ2v) is 7.16. The van der Waals surface area contributed by atoms with E-state index in [0.29, 0.717) is 0 Å². The molecule has 26 heavy (non-hydrogen) atoms. The van der Waals surface area contributed by atoms with Gasteiger partial charge in [-0.3, -0.25) is 14.8 Å². The third kappa shape index (κ3) is 3.79. The van der Waals surface area contributed by atoms with E-state index in [9.17, 15) is 4.39 Å². The first kappa shape index (κ1) is 17.2. The highest BCUT2D eigenvalue weighted by atomic mass is 19.1. The maximum atomic E-state index is 13.5. The Balaban J connectivity index is 1.41. The lowest BCUT2D eigenvalue weighted by molar-refractivity contribution is 0.244. The van der Waals surface area contributed by atoms with Crippen molar-refractivity contribution in [3.8, 4) is 0 Å². The van der Waals surface area contributed by atoms with Crippen LogP contribution in [0.4, 0.5) is 4.39 Å². The van der Waals surface area contributed by atoms with Crippen LogP contribution in [0.5, 0.6) is 0 Å². The van der Waals surface area contributed by atoms with E-state index in [1.54, 1.807) is 6.07 Å². The van der Waals surface area contributed by atoms with Gasteiger partial charge in [-0.1, -0.05) is 6.07 Å². The predicted octanol–water partition coefficient (Wildman–Crippen LogP) is 3.42. The third-order valence-electron chi connectivity index (χ3n) is 5.30. The molecule has 0 N–H and O–H groups in total. The molecule has 2 aromatic heterocycles. The molecular formula is C21H25FN4. The van der Waals surface area contributed by atoms with Crippen LogP contribution in [0.2, 0.25) is 0 Å². The first-order valence-corrected chi connectivity index (χ1v) is 9.26. The van der Waals surface area contributed by atoms with Crippen LogP contribution in [-0.4, -0.2) is 45.5 Å². The van der Waals surface area contributed by atoms with Crippen LogP contribution >= 0.6 is 0 Å². The molecule has 1 aliphatic rings. The highest BCUT2D eigenvalue weighted by molar-refractivity contribution is 5.81. The lowest BCUT2D eigenvalue weighted by atomic mass is 10.2. The number of fused-ring (bicyclic) bond motifs is 1. The molecule has 0 spiro atoms. The van der Waals surface area contributed by atoms with Crippen molar-refractivity contribution in [2.24, 2.45) is 7.05 Å². The standard InChI is InChI=1S/C21H25FN4/c1-24-20(13-18-12-19(22)5-6-21(18)24)16-26-9-3-8-25(10-11-26)15-17-4-2-7-23-14-17/h2,4-7,12-14H,3,8-11,15-16H2,1H3. The molecule has 1 fully saturated rings. The van der Waals surface area contributed by atoms with Crippen LogP contribution in [0.15, 0.2) is 48.8 Å². The lowest BCUT2D eigenvalue weighted by Crippen LogP contribution is -2.30. The monoisotopic (exact) mass is 352 g/mol. The van der Waals surface area contributed by atoms with E-state index in [-0.39, 0.29) is 5.82 Å². The predicted molar refractivity (Wildman–Crippen MR) is 102 cm³/mol. The van der Waals surface area contributed by atoms with Gasteiger partial charge >= 0.3 is 0 Å². The highest BCUT2D eigenvalue weighted by Crippen LogP contribution is 2.21. The van der Waals surface area contributed by atoms with Gasteiger partial charge in [0, 0.05) is 62.2 Å². The maximum absolute atomic E-state index is 13.5. The fourth-order valence-corrected chi connectivity index (χ4v) is 3.85. The van der Waals surface area contributed by atoms with E-state index >= 15 is 0 Å². The van der Waals surface area contributed by atoms with Crippen molar-refractivity contribution >= 4 is 10.9 Å². The summed E-state index contributed by atoms with van der Waals surface area (Å²) in [7, 11) is 2.07. The van der Waals surface area contributed by atoms with Gasteiger partial charge in [0.05, 0.1) is 0 Å². The summed E-state index contributed by atoms with van der Waals surface area (Å²) in [6.07, 6.45) is 4.94. The quantitative estimate of drug-likeness (QED) is 0.719. The number of rotatable bonds is 4. The summed E-state index contributed by atoms with van der Waals surface area (Å²) in [6, 6.07) is 11.3. The van der Waals surface area contributed by atoms with Gasteiger partial charge < -0.3 is 4.57 Å². The molecule has 5 heteroatoms. The molecule has 0 saturated carbocycles. The summed E-state index contributed by atoms with van der Waals surface area (Å²) in [4.78, 5) is 9.23. The molecule has 0 radical (unpaired) electrons. The molecule has 1 saturated heterocycles. The smallest absolute Gasteiger partial charge is 0.123 e. The molecule has 0 unspecified atom stereocenters. The van der Waals surface area contributed by atoms with Gasteiger partial charge in [0.1, 0.15) is 5.82 Å². The SMILES string of the molecule is Cn1c(CN2CCCN(Cc3cccnc3)CC2)cc2cc(F)ccc21. The van der Waals surface area contributed by atoms with E-state index < -0.39 is 0 Å². The summed E-state index contributed by atoms with van der Waals surface area (Å²) in [5.41, 5.74) is 3.61. The number of halogens is 1. The van der Waals surface area contributed by atoms with Gasteiger partial charge in [-0.2, -0.15) is 0 Å². The zero-order chi connectivity index (χ0) is 17.9. The largest absolute Gasteiger partial charge is 0.346 e. The zero-order valence-corrected chi connectivity index (χ0v) is 15.2. The van der Waals surface area contributed by atoms with Crippen LogP contribution in [0.25, 0.3) is 10.9 Å². The summed E-state index contributed by atoms with van der Waals surface area (Å²) in [5, 5.41) is 0.982. The third-order valence-corrected chi connectivity index (χ3v) is 5.30. The van der Waals surface area contributed by atoms with E-state index in [2.05, 4.69) is 38.5 Å². The molecule has 0 aliphatic carbocycles. The molecule has 4 rings (SSSR count). The van der Waals surface area contributed by atoms with E-state index in [1.807, 2.05) is 24.5 Å². The van der Waals surface area contributed by atoms with Crippen LogP contribution in [0.3, 0.4) is 0 Å². The molecule has 1 aromatic carbocycles. The number of benzene rings is 1. The molecular weight excluding hydrogens is 327 g/mol. The number of nitrogens with zero attached hydrogens (tertiary/aromatic N) is 4. The van der Waals surface area contributed by atoms with Gasteiger partial charge in [0.2, 0.25) is 0 Å². The molecule has 136 valence electrons. The Morgan fingerprint density at radius 3 is 2.58 bits per heavy atom. The maximum Gasteiger partial charge on any atom is 0.123 e.